The number of hydrogen-bond donors (Lipinski definition) is 3. The SMILES string of the molecule is C=CCNC(=O)NC(=NC(=O)NCCCC)SCCCCCCCC. The van der Waals surface area contributed by atoms with Crippen molar-refractivity contribution >= 4 is 29.0 Å². The number of rotatable bonds is 12. The topological polar surface area (TPSA) is 82.6 Å². The molecular weight excluding hydrogens is 336 g/mol. The third-order valence-corrected chi connectivity index (χ3v) is 4.33. The van der Waals surface area contributed by atoms with Gasteiger partial charge in [-0.3, -0.25) is 5.32 Å². The molecule has 0 radical (unpaired) electrons. The minimum absolute atomic E-state index is 0.337. The molecule has 0 saturated carbocycles. The first-order chi connectivity index (χ1) is 12.1. The summed E-state index contributed by atoms with van der Waals surface area (Å²) in [6.45, 7) is 8.77. The van der Waals surface area contributed by atoms with Crippen LogP contribution >= 0.6 is 11.8 Å². The molecule has 0 heterocycles. The first kappa shape index (κ1) is 23.5. The Morgan fingerprint density at radius 1 is 1.00 bits per heavy atom. The van der Waals surface area contributed by atoms with Gasteiger partial charge in [0.15, 0.2) is 5.17 Å². The van der Waals surface area contributed by atoms with Crippen molar-refractivity contribution < 1.29 is 9.59 Å². The quantitative estimate of drug-likeness (QED) is 0.206. The molecule has 6 nitrogen and oxygen atoms in total. The molecule has 0 aliphatic carbocycles. The lowest BCUT2D eigenvalue weighted by Crippen LogP contribution is -2.39. The molecule has 25 heavy (non-hydrogen) atoms. The molecular formula is C18H34N4O2S. The van der Waals surface area contributed by atoms with Gasteiger partial charge in [0.1, 0.15) is 0 Å². The second-order valence-electron chi connectivity index (χ2n) is 5.74. The Balaban J connectivity index is 4.33. The number of urea groups is 2. The molecule has 0 rings (SSSR count). The van der Waals surface area contributed by atoms with Crippen LogP contribution in [0.1, 0.15) is 65.2 Å². The van der Waals surface area contributed by atoms with E-state index in [2.05, 4.69) is 41.4 Å². The summed E-state index contributed by atoms with van der Waals surface area (Å²) in [7, 11) is 0. The molecule has 0 bridgehead atoms. The zero-order valence-electron chi connectivity index (χ0n) is 15.7. The van der Waals surface area contributed by atoms with E-state index in [0.29, 0.717) is 18.3 Å². The summed E-state index contributed by atoms with van der Waals surface area (Å²) >= 11 is 1.41. The van der Waals surface area contributed by atoms with Crippen molar-refractivity contribution in [3.63, 3.8) is 0 Å². The van der Waals surface area contributed by atoms with E-state index in [1.807, 2.05) is 0 Å². The van der Waals surface area contributed by atoms with Gasteiger partial charge in [0, 0.05) is 18.8 Å². The molecule has 144 valence electrons. The number of hydrogen-bond acceptors (Lipinski definition) is 3. The maximum Gasteiger partial charge on any atom is 0.343 e. The van der Waals surface area contributed by atoms with E-state index < -0.39 is 6.03 Å². The van der Waals surface area contributed by atoms with Crippen molar-refractivity contribution in [2.45, 2.75) is 65.2 Å². The van der Waals surface area contributed by atoms with Crippen molar-refractivity contribution in [2.24, 2.45) is 4.99 Å². The number of unbranched alkanes of at least 4 members (excludes halogenated alkanes) is 6. The van der Waals surface area contributed by atoms with Gasteiger partial charge in [-0.25, -0.2) is 9.59 Å². The fourth-order valence-electron chi connectivity index (χ4n) is 1.96. The van der Waals surface area contributed by atoms with Crippen molar-refractivity contribution in [3.05, 3.63) is 12.7 Å². The number of carbonyl (C=O) groups excluding carboxylic acids is 2. The van der Waals surface area contributed by atoms with Crippen molar-refractivity contribution in [1.82, 2.24) is 16.0 Å². The number of nitrogens with one attached hydrogen (secondary N) is 3. The van der Waals surface area contributed by atoms with Gasteiger partial charge in [0.25, 0.3) is 0 Å². The zero-order valence-corrected chi connectivity index (χ0v) is 16.6. The van der Waals surface area contributed by atoms with Gasteiger partial charge in [-0.2, -0.15) is 4.99 Å². The molecule has 0 fully saturated rings. The summed E-state index contributed by atoms with van der Waals surface area (Å²) in [5.41, 5.74) is 0. The second kappa shape index (κ2) is 17.3. The molecule has 4 amide bonds. The molecule has 3 N–H and O–H groups in total. The van der Waals surface area contributed by atoms with E-state index in [-0.39, 0.29) is 6.03 Å². The van der Waals surface area contributed by atoms with E-state index in [0.717, 1.165) is 31.4 Å². The normalized spacial score (nSPS) is 11.0. The highest BCUT2D eigenvalue weighted by molar-refractivity contribution is 8.13. The molecule has 0 unspecified atom stereocenters. The second-order valence-corrected chi connectivity index (χ2v) is 6.83. The average molecular weight is 371 g/mol. The molecule has 0 aromatic rings. The highest BCUT2D eigenvalue weighted by atomic mass is 32.2. The summed E-state index contributed by atoms with van der Waals surface area (Å²) in [4.78, 5) is 27.6. The van der Waals surface area contributed by atoms with Crippen molar-refractivity contribution in [3.8, 4) is 0 Å². The Bertz CT molecular complexity index is 414. The molecule has 0 spiro atoms. The minimum atomic E-state index is -0.414. The van der Waals surface area contributed by atoms with Crippen LogP contribution in [-0.4, -0.2) is 36.1 Å². The van der Waals surface area contributed by atoms with Crippen LogP contribution in [0.25, 0.3) is 0 Å². The Labute approximate surface area is 156 Å². The zero-order chi connectivity index (χ0) is 18.8. The average Bonchev–Trinajstić information content (AvgIpc) is 2.59. The lowest BCUT2D eigenvalue weighted by molar-refractivity contribution is 0.246. The van der Waals surface area contributed by atoms with Crippen LogP contribution in [0.4, 0.5) is 9.59 Å². The van der Waals surface area contributed by atoms with Gasteiger partial charge in [-0.05, 0) is 12.8 Å². The fraction of sp³-hybridized carbons (Fsp3) is 0.722. The van der Waals surface area contributed by atoms with E-state index in [1.165, 1.54) is 37.4 Å². The molecule has 7 heteroatoms. The molecule has 0 aliphatic heterocycles. The Morgan fingerprint density at radius 2 is 1.68 bits per heavy atom. The first-order valence-electron chi connectivity index (χ1n) is 9.29. The van der Waals surface area contributed by atoms with E-state index in [4.69, 9.17) is 0 Å². The molecule has 0 aliphatic rings. The van der Waals surface area contributed by atoms with E-state index >= 15 is 0 Å². The van der Waals surface area contributed by atoms with Crippen LogP contribution in [0, 0.1) is 0 Å². The van der Waals surface area contributed by atoms with Gasteiger partial charge in [-0.15, -0.1) is 6.58 Å². The van der Waals surface area contributed by atoms with E-state index in [1.54, 1.807) is 6.08 Å². The molecule has 0 aromatic heterocycles. The lowest BCUT2D eigenvalue weighted by Gasteiger charge is -2.09. The number of amidine groups is 1. The largest absolute Gasteiger partial charge is 0.343 e. The van der Waals surface area contributed by atoms with Gasteiger partial charge in [-0.1, -0.05) is 70.2 Å². The van der Waals surface area contributed by atoms with Gasteiger partial charge < -0.3 is 10.6 Å². The highest BCUT2D eigenvalue weighted by Gasteiger charge is 2.08. The van der Waals surface area contributed by atoms with Crippen LogP contribution < -0.4 is 16.0 Å². The maximum atomic E-state index is 11.8. The number of carbonyl (C=O) groups is 2. The van der Waals surface area contributed by atoms with Crippen LogP contribution in [0.3, 0.4) is 0 Å². The molecule has 0 aromatic carbocycles. The van der Waals surface area contributed by atoms with Crippen LogP contribution in [0.2, 0.25) is 0 Å². The smallest absolute Gasteiger partial charge is 0.336 e. The summed E-state index contributed by atoms with van der Waals surface area (Å²) in [5.74, 6) is 0.828. The number of aliphatic imine (C=N–C) groups is 1. The standard InChI is InChI=1S/C18H34N4O2S/c1-4-7-9-10-11-12-15-25-18(21-16(23)19-13-6-3)22-17(24)20-14-8-5-2/h6H,3-5,7-15H2,1-2H3,(H3,19,20,21,22,23,24). The summed E-state index contributed by atoms with van der Waals surface area (Å²) in [6, 6.07) is -0.793. The Hall–Kier alpha value is -1.50. The lowest BCUT2D eigenvalue weighted by atomic mass is 10.1. The van der Waals surface area contributed by atoms with E-state index in [9.17, 15) is 9.59 Å². The van der Waals surface area contributed by atoms with Crippen molar-refractivity contribution in [2.75, 3.05) is 18.8 Å². The van der Waals surface area contributed by atoms with Gasteiger partial charge >= 0.3 is 12.1 Å². The van der Waals surface area contributed by atoms with Crippen LogP contribution in [-0.2, 0) is 0 Å². The summed E-state index contributed by atoms with van der Waals surface area (Å²) in [5, 5.41) is 8.32. The summed E-state index contributed by atoms with van der Waals surface area (Å²) < 4.78 is 0. The Kier molecular flexibility index (Phi) is 16.3. The predicted molar refractivity (Wildman–Crippen MR) is 108 cm³/mol. The fourth-order valence-corrected chi connectivity index (χ4v) is 2.81. The predicted octanol–water partition coefficient (Wildman–Crippen LogP) is 4.43. The monoisotopic (exact) mass is 370 g/mol. The van der Waals surface area contributed by atoms with Gasteiger partial charge in [0.2, 0.25) is 0 Å². The third kappa shape index (κ3) is 15.8. The Morgan fingerprint density at radius 3 is 2.36 bits per heavy atom. The molecule has 0 saturated heterocycles. The maximum absolute atomic E-state index is 11.8. The third-order valence-electron chi connectivity index (χ3n) is 3.37. The summed E-state index contributed by atoms with van der Waals surface area (Å²) in [6.07, 6.45) is 10.7. The number of nitrogens with zero attached hydrogens (tertiary/aromatic N) is 1. The first-order valence-corrected chi connectivity index (χ1v) is 10.3. The van der Waals surface area contributed by atoms with Crippen LogP contribution in [0.15, 0.2) is 17.6 Å². The molecule has 0 atom stereocenters. The van der Waals surface area contributed by atoms with Crippen molar-refractivity contribution in [1.29, 1.82) is 0 Å². The minimum Gasteiger partial charge on any atom is -0.336 e. The highest BCUT2D eigenvalue weighted by Crippen LogP contribution is 2.10. The number of amides is 4. The van der Waals surface area contributed by atoms with Crippen LogP contribution in [0.5, 0.6) is 0 Å². The van der Waals surface area contributed by atoms with Gasteiger partial charge in [0.05, 0.1) is 0 Å². The number of thioether (sulfide) groups is 1.